The van der Waals surface area contributed by atoms with Crippen LogP contribution in [-0.2, 0) is 11.3 Å². The fourth-order valence-corrected chi connectivity index (χ4v) is 2.02. The van der Waals surface area contributed by atoms with Crippen molar-refractivity contribution in [3.8, 4) is 0 Å². The maximum absolute atomic E-state index is 11.9. The highest BCUT2D eigenvalue weighted by atomic mass is 16.2. The molecule has 1 atom stereocenters. The van der Waals surface area contributed by atoms with Crippen molar-refractivity contribution in [2.75, 3.05) is 6.54 Å². The Balaban J connectivity index is 1.86. The molecule has 0 aromatic carbocycles. The summed E-state index contributed by atoms with van der Waals surface area (Å²) in [7, 11) is 0. The zero-order chi connectivity index (χ0) is 11.5. The minimum Gasteiger partial charge on any atom is -0.347 e. The summed E-state index contributed by atoms with van der Waals surface area (Å²) in [5, 5.41) is 3.26. The number of aromatic nitrogens is 2. The van der Waals surface area contributed by atoms with Gasteiger partial charge in [-0.15, -0.1) is 0 Å². The third kappa shape index (κ3) is 2.24. The molecule has 1 aliphatic heterocycles. The van der Waals surface area contributed by atoms with Crippen LogP contribution in [0.2, 0.25) is 0 Å². The molecule has 1 aliphatic rings. The Bertz CT molecular complexity index is 347. The fourth-order valence-electron chi connectivity index (χ4n) is 2.02. The molecule has 1 unspecified atom stereocenters. The van der Waals surface area contributed by atoms with Gasteiger partial charge in [-0.2, -0.15) is 0 Å². The second-order valence-electron chi connectivity index (χ2n) is 4.42. The van der Waals surface area contributed by atoms with Gasteiger partial charge in [0.25, 0.3) is 0 Å². The quantitative estimate of drug-likeness (QED) is 0.780. The summed E-state index contributed by atoms with van der Waals surface area (Å²) in [6.45, 7) is 5.63. The van der Waals surface area contributed by atoms with Gasteiger partial charge in [0, 0.05) is 31.0 Å². The molecule has 0 saturated carbocycles. The summed E-state index contributed by atoms with van der Waals surface area (Å²) < 4.78 is 0. The van der Waals surface area contributed by atoms with Gasteiger partial charge in [-0.05, 0) is 20.3 Å². The van der Waals surface area contributed by atoms with Crippen molar-refractivity contribution < 1.29 is 4.79 Å². The molecule has 1 amide bonds. The van der Waals surface area contributed by atoms with E-state index in [0.717, 1.165) is 18.7 Å². The van der Waals surface area contributed by atoms with Gasteiger partial charge >= 0.3 is 0 Å². The van der Waals surface area contributed by atoms with Crippen LogP contribution in [0.15, 0.2) is 12.5 Å². The van der Waals surface area contributed by atoms with Crippen LogP contribution in [0.5, 0.6) is 0 Å². The summed E-state index contributed by atoms with van der Waals surface area (Å²) >= 11 is 0. The number of carbonyl (C=O) groups is 1. The van der Waals surface area contributed by atoms with Crippen LogP contribution < -0.4 is 5.32 Å². The number of likely N-dealkylation sites (tertiary alicyclic amines) is 1. The van der Waals surface area contributed by atoms with Crippen molar-refractivity contribution >= 4 is 5.91 Å². The lowest BCUT2D eigenvalue weighted by Gasteiger charge is -2.21. The van der Waals surface area contributed by atoms with Crippen LogP contribution in [0.25, 0.3) is 0 Å². The molecule has 1 saturated heterocycles. The van der Waals surface area contributed by atoms with Gasteiger partial charge < -0.3 is 15.2 Å². The van der Waals surface area contributed by atoms with E-state index in [9.17, 15) is 4.79 Å². The largest absolute Gasteiger partial charge is 0.347 e. The highest BCUT2D eigenvalue weighted by Crippen LogP contribution is 2.14. The van der Waals surface area contributed by atoms with Gasteiger partial charge in [0.05, 0.1) is 12.4 Å². The summed E-state index contributed by atoms with van der Waals surface area (Å²) in [5.41, 5.74) is 1.01. The molecule has 2 rings (SSSR count). The SMILES string of the molecule is CC(C)N1CCC(NCc2cnc[nH]2)C1=O. The predicted molar refractivity (Wildman–Crippen MR) is 60.7 cm³/mol. The first-order valence-corrected chi connectivity index (χ1v) is 5.69. The zero-order valence-corrected chi connectivity index (χ0v) is 9.73. The number of hydrogen-bond acceptors (Lipinski definition) is 3. The van der Waals surface area contributed by atoms with E-state index in [1.54, 1.807) is 12.5 Å². The Labute approximate surface area is 95.2 Å². The van der Waals surface area contributed by atoms with Gasteiger partial charge in [0.1, 0.15) is 0 Å². The molecule has 16 heavy (non-hydrogen) atoms. The second-order valence-corrected chi connectivity index (χ2v) is 4.42. The third-order valence-electron chi connectivity index (χ3n) is 2.96. The lowest BCUT2D eigenvalue weighted by Crippen LogP contribution is -2.40. The zero-order valence-electron chi connectivity index (χ0n) is 9.73. The average Bonchev–Trinajstić information content (AvgIpc) is 2.84. The smallest absolute Gasteiger partial charge is 0.240 e. The van der Waals surface area contributed by atoms with Crippen molar-refractivity contribution in [2.45, 2.75) is 38.9 Å². The van der Waals surface area contributed by atoms with Crippen LogP contribution in [0.3, 0.4) is 0 Å². The van der Waals surface area contributed by atoms with Gasteiger partial charge in [-0.3, -0.25) is 4.79 Å². The maximum Gasteiger partial charge on any atom is 0.240 e. The van der Waals surface area contributed by atoms with Crippen LogP contribution in [-0.4, -0.2) is 39.4 Å². The molecule has 1 aromatic rings. The Morgan fingerprint density at radius 1 is 1.69 bits per heavy atom. The molecule has 5 heteroatoms. The molecule has 0 spiro atoms. The lowest BCUT2D eigenvalue weighted by atomic mass is 10.2. The number of carbonyl (C=O) groups excluding carboxylic acids is 1. The van der Waals surface area contributed by atoms with E-state index in [-0.39, 0.29) is 11.9 Å². The van der Waals surface area contributed by atoms with Crippen molar-refractivity contribution in [1.29, 1.82) is 0 Å². The van der Waals surface area contributed by atoms with Crippen molar-refractivity contribution in [3.05, 3.63) is 18.2 Å². The van der Waals surface area contributed by atoms with Gasteiger partial charge in [0.15, 0.2) is 0 Å². The Kier molecular flexibility index (Phi) is 3.24. The molecule has 2 heterocycles. The first kappa shape index (κ1) is 11.1. The monoisotopic (exact) mass is 222 g/mol. The third-order valence-corrected chi connectivity index (χ3v) is 2.96. The Morgan fingerprint density at radius 2 is 2.50 bits per heavy atom. The number of rotatable bonds is 4. The number of H-pyrrole nitrogens is 1. The topological polar surface area (TPSA) is 61.0 Å². The number of hydrogen-bond donors (Lipinski definition) is 2. The molecule has 0 bridgehead atoms. The van der Waals surface area contributed by atoms with E-state index in [2.05, 4.69) is 29.1 Å². The Morgan fingerprint density at radius 3 is 3.06 bits per heavy atom. The maximum atomic E-state index is 11.9. The summed E-state index contributed by atoms with van der Waals surface area (Å²) in [4.78, 5) is 20.8. The average molecular weight is 222 g/mol. The standard InChI is InChI=1S/C11H18N4O/c1-8(2)15-4-3-10(11(15)16)13-6-9-5-12-7-14-9/h5,7-8,10,13H,3-4,6H2,1-2H3,(H,12,14). The minimum absolute atomic E-state index is 0.0364. The van der Waals surface area contributed by atoms with Crippen molar-refractivity contribution in [2.24, 2.45) is 0 Å². The predicted octanol–water partition coefficient (Wildman–Crippen LogP) is 0.509. The highest BCUT2D eigenvalue weighted by Gasteiger charge is 2.32. The molecular formula is C11H18N4O. The minimum atomic E-state index is -0.0364. The molecule has 88 valence electrons. The second kappa shape index (κ2) is 4.65. The summed E-state index contributed by atoms with van der Waals surface area (Å²) in [5.74, 6) is 0.217. The molecule has 2 N–H and O–H groups in total. The first-order chi connectivity index (χ1) is 7.68. The number of amides is 1. The normalized spacial score (nSPS) is 21.1. The number of aromatic amines is 1. The van der Waals surface area contributed by atoms with Crippen LogP contribution >= 0.6 is 0 Å². The van der Waals surface area contributed by atoms with Crippen LogP contribution in [0.4, 0.5) is 0 Å². The molecule has 0 aliphatic carbocycles. The lowest BCUT2D eigenvalue weighted by molar-refractivity contribution is -0.130. The number of nitrogens with zero attached hydrogens (tertiary/aromatic N) is 2. The molecule has 5 nitrogen and oxygen atoms in total. The number of nitrogens with one attached hydrogen (secondary N) is 2. The number of imidazole rings is 1. The van der Waals surface area contributed by atoms with E-state index in [1.807, 2.05) is 4.90 Å². The van der Waals surface area contributed by atoms with E-state index >= 15 is 0 Å². The molecular weight excluding hydrogens is 204 g/mol. The van der Waals surface area contributed by atoms with Gasteiger partial charge in [-0.25, -0.2) is 4.98 Å². The molecule has 1 fully saturated rings. The van der Waals surface area contributed by atoms with E-state index in [4.69, 9.17) is 0 Å². The highest BCUT2D eigenvalue weighted by molar-refractivity contribution is 5.84. The molecule has 0 radical (unpaired) electrons. The summed E-state index contributed by atoms with van der Waals surface area (Å²) in [6, 6.07) is 0.261. The van der Waals surface area contributed by atoms with E-state index in [0.29, 0.717) is 12.6 Å². The Hall–Kier alpha value is -1.36. The van der Waals surface area contributed by atoms with Crippen LogP contribution in [0, 0.1) is 0 Å². The van der Waals surface area contributed by atoms with E-state index < -0.39 is 0 Å². The van der Waals surface area contributed by atoms with Crippen molar-refractivity contribution in [3.63, 3.8) is 0 Å². The van der Waals surface area contributed by atoms with Gasteiger partial charge in [-0.1, -0.05) is 0 Å². The molecule has 1 aromatic heterocycles. The summed E-state index contributed by atoms with van der Waals surface area (Å²) in [6.07, 6.45) is 4.31. The van der Waals surface area contributed by atoms with E-state index in [1.165, 1.54) is 0 Å². The van der Waals surface area contributed by atoms with Gasteiger partial charge in [0.2, 0.25) is 5.91 Å². The first-order valence-electron chi connectivity index (χ1n) is 5.69. The van der Waals surface area contributed by atoms with Crippen molar-refractivity contribution in [1.82, 2.24) is 20.2 Å². The fraction of sp³-hybridized carbons (Fsp3) is 0.636. The van der Waals surface area contributed by atoms with Crippen LogP contribution in [0.1, 0.15) is 26.0 Å².